The SMILES string of the molecule is CNC(=O)CSc1cc(C(=O)O)c2ccccc2n1. The van der Waals surface area contributed by atoms with Crippen molar-refractivity contribution in [3.63, 3.8) is 0 Å². The molecular formula is C13H12N2O3S. The van der Waals surface area contributed by atoms with E-state index in [2.05, 4.69) is 10.3 Å². The molecule has 0 radical (unpaired) electrons. The Morgan fingerprint density at radius 1 is 1.37 bits per heavy atom. The van der Waals surface area contributed by atoms with Gasteiger partial charge in [-0.3, -0.25) is 4.79 Å². The summed E-state index contributed by atoms with van der Waals surface area (Å²) >= 11 is 1.21. The van der Waals surface area contributed by atoms with Crippen LogP contribution >= 0.6 is 11.8 Å². The third-order valence-electron chi connectivity index (χ3n) is 2.55. The molecule has 1 heterocycles. The van der Waals surface area contributed by atoms with Crippen LogP contribution in [-0.2, 0) is 4.79 Å². The fourth-order valence-electron chi connectivity index (χ4n) is 1.61. The molecule has 0 fully saturated rings. The zero-order valence-electron chi connectivity index (χ0n) is 10.2. The fourth-order valence-corrected chi connectivity index (χ4v) is 2.40. The molecule has 0 atom stereocenters. The third kappa shape index (κ3) is 3.03. The minimum atomic E-state index is -1.000. The van der Waals surface area contributed by atoms with Crippen LogP contribution < -0.4 is 5.32 Å². The van der Waals surface area contributed by atoms with Crippen molar-refractivity contribution in [1.29, 1.82) is 0 Å². The number of para-hydroxylation sites is 1. The number of carbonyl (C=O) groups excluding carboxylic acids is 1. The molecular weight excluding hydrogens is 264 g/mol. The summed E-state index contributed by atoms with van der Waals surface area (Å²) in [6.07, 6.45) is 0. The standard InChI is InChI=1S/C13H12N2O3S/c1-14-11(16)7-19-12-6-9(13(17)18)8-4-2-3-5-10(8)15-12/h2-6H,7H2,1H3,(H,14,16)(H,17,18). The van der Waals surface area contributed by atoms with Crippen molar-refractivity contribution in [2.24, 2.45) is 0 Å². The summed E-state index contributed by atoms with van der Waals surface area (Å²) in [5.74, 6) is -0.918. The number of aromatic carboxylic acids is 1. The van der Waals surface area contributed by atoms with Crippen molar-refractivity contribution in [2.75, 3.05) is 12.8 Å². The van der Waals surface area contributed by atoms with Gasteiger partial charge in [0.05, 0.1) is 21.9 Å². The molecule has 2 rings (SSSR count). The van der Waals surface area contributed by atoms with E-state index in [1.54, 1.807) is 31.3 Å². The van der Waals surface area contributed by atoms with E-state index in [1.807, 2.05) is 0 Å². The molecule has 19 heavy (non-hydrogen) atoms. The minimum absolute atomic E-state index is 0.128. The number of pyridine rings is 1. The number of hydrogen-bond acceptors (Lipinski definition) is 4. The number of fused-ring (bicyclic) bond motifs is 1. The maximum Gasteiger partial charge on any atom is 0.336 e. The van der Waals surface area contributed by atoms with Gasteiger partial charge in [-0.25, -0.2) is 9.78 Å². The summed E-state index contributed by atoms with van der Waals surface area (Å²) in [6.45, 7) is 0. The number of rotatable bonds is 4. The fraction of sp³-hybridized carbons (Fsp3) is 0.154. The second kappa shape index (κ2) is 5.71. The van der Waals surface area contributed by atoms with Crippen molar-refractivity contribution in [2.45, 2.75) is 5.03 Å². The number of amides is 1. The zero-order chi connectivity index (χ0) is 13.8. The molecule has 0 saturated carbocycles. The van der Waals surface area contributed by atoms with Gasteiger partial charge in [-0.1, -0.05) is 30.0 Å². The van der Waals surface area contributed by atoms with Crippen LogP contribution in [0, 0.1) is 0 Å². The number of hydrogen-bond donors (Lipinski definition) is 2. The zero-order valence-corrected chi connectivity index (χ0v) is 11.0. The van der Waals surface area contributed by atoms with Gasteiger partial charge in [0, 0.05) is 12.4 Å². The van der Waals surface area contributed by atoms with Crippen LogP contribution in [0.2, 0.25) is 0 Å². The van der Waals surface area contributed by atoms with Crippen LogP contribution in [0.5, 0.6) is 0 Å². The highest BCUT2D eigenvalue weighted by atomic mass is 32.2. The molecule has 0 spiro atoms. The molecule has 98 valence electrons. The highest BCUT2D eigenvalue weighted by Crippen LogP contribution is 2.24. The average molecular weight is 276 g/mol. The summed E-state index contributed by atoms with van der Waals surface area (Å²) in [7, 11) is 1.55. The van der Waals surface area contributed by atoms with Crippen molar-refractivity contribution < 1.29 is 14.7 Å². The van der Waals surface area contributed by atoms with Gasteiger partial charge in [-0.15, -0.1) is 0 Å². The number of thioether (sulfide) groups is 1. The van der Waals surface area contributed by atoms with Crippen LogP contribution in [0.25, 0.3) is 10.9 Å². The van der Waals surface area contributed by atoms with Crippen LogP contribution in [0.3, 0.4) is 0 Å². The topological polar surface area (TPSA) is 79.3 Å². The van der Waals surface area contributed by atoms with Gasteiger partial charge in [-0.2, -0.15) is 0 Å². The Labute approximate surface area is 114 Å². The van der Waals surface area contributed by atoms with E-state index in [1.165, 1.54) is 17.8 Å². The van der Waals surface area contributed by atoms with E-state index >= 15 is 0 Å². The molecule has 1 aromatic heterocycles. The maximum atomic E-state index is 11.2. The van der Waals surface area contributed by atoms with Crippen LogP contribution in [0.4, 0.5) is 0 Å². The Bertz CT molecular complexity index is 643. The molecule has 2 N–H and O–H groups in total. The molecule has 6 heteroatoms. The Morgan fingerprint density at radius 2 is 2.11 bits per heavy atom. The number of nitrogens with zero attached hydrogens (tertiary/aromatic N) is 1. The lowest BCUT2D eigenvalue weighted by Crippen LogP contribution is -2.19. The van der Waals surface area contributed by atoms with Crippen molar-refractivity contribution in [3.05, 3.63) is 35.9 Å². The first-order chi connectivity index (χ1) is 9.11. The Balaban J connectivity index is 2.40. The Kier molecular flexibility index (Phi) is 4.01. The number of nitrogens with one attached hydrogen (secondary N) is 1. The van der Waals surface area contributed by atoms with Gasteiger partial charge in [0.2, 0.25) is 5.91 Å². The van der Waals surface area contributed by atoms with Gasteiger partial charge in [0.15, 0.2) is 0 Å². The van der Waals surface area contributed by atoms with E-state index in [0.717, 1.165) is 0 Å². The average Bonchev–Trinajstić information content (AvgIpc) is 2.43. The van der Waals surface area contributed by atoms with E-state index in [4.69, 9.17) is 0 Å². The predicted molar refractivity (Wildman–Crippen MR) is 73.5 cm³/mol. The molecule has 1 amide bonds. The van der Waals surface area contributed by atoms with Crippen molar-refractivity contribution in [1.82, 2.24) is 10.3 Å². The first kappa shape index (κ1) is 13.4. The summed E-state index contributed by atoms with van der Waals surface area (Å²) in [4.78, 5) is 26.8. The maximum absolute atomic E-state index is 11.2. The monoisotopic (exact) mass is 276 g/mol. The second-order valence-electron chi connectivity index (χ2n) is 3.79. The van der Waals surface area contributed by atoms with Crippen LogP contribution in [0.15, 0.2) is 35.4 Å². The number of aromatic nitrogens is 1. The number of carboxylic acids is 1. The molecule has 2 aromatic rings. The highest BCUT2D eigenvalue weighted by Gasteiger charge is 2.12. The highest BCUT2D eigenvalue weighted by molar-refractivity contribution is 7.99. The molecule has 0 bridgehead atoms. The Hall–Kier alpha value is -2.08. The largest absolute Gasteiger partial charge is 0.478 e. The van der Waals surface area contributed by atoms with Gasteiger partial charge >= 0.3 is 5.97 Å². The normalized spacial score (nSPS) is 10.4. The van der Waals surface area contributed by atoms with Crippen molar-refractivity contribution in [3.8, 4) is 0 Å². The Morgan fingerprint density at radius 3 is 2.79 bits per heavy atom. The number of carboxylic acid groups (broad SMARTS) is 1. The molecule has 0 aliphatic rings. The molecule has 0 aliphatic carbocycles. The molecule has 5 nitrogen and oxygen atoms in total. The van der Waals surface area contributed by atoms with Crippen LogP contribution in [-0.4, -0.2) is 34.8 Å². The van der Waals surface area contributed by atoms with Gasteiger partial charge < -0.3 is 10.4 Å². The van der Waals surface area contributed by atoms with Gasteiger partial charge in [0.1, 0.15) is 0 Å². The molecule has 0 saturated heterocycles. The minimum Gasteiger partial charge on any atom is -0.478 e. The number of benzene rings is 1. The summed E-state index contributed by atoms with van der Waals surface area (Å²) in [6, 6.07) is 8.55. The summed E-state index contributed by atoms with van der Waals surface area (Å²) in [5, 5.41) is 12.8. The third-order valence-corrected chi connectivity index (χ3v) is 3.46. The van der Waals surface area contributed by atoms with Gasteiger partial charge in [-0.05, 0) is 12.1 Å². The van der Waals surface area contributed by atoms with E-state index < -0.39 is 5.97 Å². The second-order valence-corrected chi connectivity index (χ2v) is 4.79. The first-order valence-corrected chi connectivity index (χ1v) is 6.57. The lowest BCUT2D eigenvalue weighted by molar-refractivity contribution is -0.118. The first-order valence-electron chi connectivity index (χ1n) is 5.58. The van der Waals surface area contributed by atoms with Crippen molar-refractivity contribution >= 4 is 34.5 Å². The molecule has 1 aromatic carbocycles. The lowest BCUT2D eigenvalue weighted by Gasteiger charge is -2.06. The van der Waals surface area contributed by atoms with Gasteiger partial charge in [0.25, 0.3) is 0 Å². The van der Waals surface area contributed by atoms with E-state index in [-0.39, 0.29) is 17.2 Å². The van der Waals surface area contributed by atoms with E-state index in [9.17, 15) is 14.7 Å². The summed E-state index contributed by atoms with van der Waals surface area (Å²) in [5.41, 5.74) is 0.812. The predicted octanol–water partition coefficient (Wildman–Crippen LogP) is 1.77. The van der Waals surface area contributed by atoms with E-state index in [0.29, 0.717) is 15.9 Å². The lowest BCUT2D eigenvalue weighted by atomic mass is 10.1. The number of carbonyl (C=O) groups is 2. The van der Waals surface area contributed by atoms with Crippen LogP contribution in [0.1, 0.15) is 10.4 Å². The quantitative estimate of drug-likeness (QED) is 0.832. The molecule has 0 unspecified atom stereocenters. The smallest absolute Gasteiger partial charge is 0.336 e. The molecule has 0 aliphatic heterocycles. The summed E-state index contributed by atoms with van der Waals surface area (Å²) < 4.78 is 0.